The summed E-state index contributed by atoms with van der Waals surface area (Å²) >= 11 is 3.18. The number of aryl methyl sites for hydroxylation is 1. The lowest BCUT2D eigenvalue weighted by molar-refractivity contribution is 0.622. The van der Waals surface area contributed by atoms with Crippen LogP contribution in [0.15, 0.2) is 28.9 Å². The lowest BCUT2D eigenvalue weighted by Crippen LogP contribution is -2.08. The highest BCUT2D eigenvalue weighted by Crippen LogP contribution is 2.25. The average Bonchev–Trinajstić information content (AvgIpc) is 2.88. The second kappa shape index (κ2) is 4.34. The zero-order valence-corrected chi connectivity index (χ0v) is 11.7. The first-order valence-corrected chi connectivity index (χ1v) is 6.43. The van der Waals surface area contributed by atoms with E-state index >= 15 is 0 Å². The standard InChI is InChI=1S/C12H11BrFN5/c1-18-7(2-3-16-18)6-19-11-4-8(13)9(14)5-10(11)17-12(19)15/h2-5H,6H2,1H3,(H2,15,17). The fourth-order valence-corrected chi connectivity index (χ4v) is 2.35. The van der Waals surface area contributed by atoms with Gasteiger partial charge < -0.3 is 10.3 Å². The molecule has 98 valence electrons. The van der Waals surface area contributed by atoms with Crippen LogP contribution in [0.5, 0.6) is 0 Å². The quantitative estimate of drug-likeness (QED) is 0.787. The van der Waals surface area contributed by atoms with Gasteiger partial charge in [-0.15, -0.1) is 0 Å². The van der Waals surface area contributed by atoms with Crippen molar-refractivity contribution in [2.75, 3.05) is 5.73 Å². The van der Waals surface area contributed by atoms with Crippen LogP contribution in [-0.2, 0) is 13.6 Å². The Labute approximate surface area is 117 Å². The molecule has 0 saturated heterocycles. The molecule has 7 heteroatoms. The highest BCUT2D eigenvalue weighted by atomic mass is 79.9. The van der Waals surface area contributed by atoms with Crippen molar-refractivity contribution in [3.63, 3.8) is 0 Å². The predicted molar refractivity (Wildman–Crippen MR) is 74.1 cm³/mol. The number of anilines is 1. The lowest BCUT2D eigenvalue weighted by Gasteiger charge is -2.07. The maximum Gasteiger partial charge on any atom is 0.201 e. The number of aromatic nitrogens is 4. The monoisotopic (exact) mass is 323 g/mol. The van der Waals surface area contributed by atoms with E-state index in [2.05, 4.69) is 26.0 Å². The first-order chi connectivity index (χ1) is 9.06. The van der Waals surface area contributed by atoms with Crippen LogP contribution >= 0.6 is 15.9 Å². The molecule has 0 amide bonds. The molecule has 0 saturated carbocycles. The van der Waals surface area contributed by atoms with Gasteiger partial charge in [0.2, 0.25) is 5.95 Å². The normalized spacial score (nSPS) is 11.3. The highest BCUT2D eigenvalue weighted by Gasteiger charge is 2.13. The number of imidazole rings is 1. The van der Waals surface area contributed by atoms with Crippen LogP contribution < -0.4 is 5.73 Å². The van der Waals surface area contributed by atoms with Gasteiger partial charge in [-0.1, -0.05) is 0 Å². The Hall–Kier alpha value is -1.89. The number of fused-ring (bicyclic) bond motifs is 1. The Morgan fingerprint density at radius 3 is 2.89 bits per heavy atom. The van der Waals surface area contributed by atoms with Gasteiger partial charge >= 0.3 is 0 Å². The Kier molecular flexibility index (Phi) is 2.78. The second-order valence-electron chi connectivity index (χ2n) is 4.26. The van der Waals surface area contributed by atoms with Gasteiger partial charge in [-0.2, -0.15) is 5.10 Å². The molecule has 0 aliphatic rings. The number of rotatable bonds is 2. The fourth-order valence-electron chi connectivity index (χ4n) is 2.02. The minimum absolute atomic E-state index is 0.349. The second-order valence-corrected chi connectivity index (χ2v) is 5.11. The number of halogens is 2. The molecule has 5 nitrogen and oxygen atoms in total. The van der Waals surface area contributed by atoms with Gasteiger partial charge in [0.15, 0.2) is 0 Å². The van der Waals surface area contributed by atoms with E-state index in [4.69, 9.17) is 5.73 Å². The van der Waals surface area contributed by atoms with E-state index in [1.807, 2.05) is 17.7 Å². The van der Waals surface area contributed by atoms with Crippen LogP contribution in [0.4, 0.5) is 10.3 Å². The summed E-state index contributed by atoms with van der Waals surface area (Å²) in [5.41, 5.74) is 8.22. The molecule has 0 aliphatic heterocycles. The number of nitrogens with zero attached hydrogens (tertiary/aromatic N) is 4. The van der Waals surface area contributed by atoms with Gasteiger partial charge in [-0.3, -0.25) is 4.68 Å². The summed E-state index contributed by atoms with van der Waals surface area (Å²) in [4.78, 5) is 4.18. The van der Waals surface area contributed by atoms with Crippen LogP contribution in [0.25, 0.3) is 11.0 Å². The largest absolute Gasteiger partial charge is 0.369 e. The highest BCUT2D eigenvalue weighted by molar-refractivity contribution is 9.10. The zero-order valence-electron chi connectivity index (χ0n) is 10.1. The zero-order chi connectivity index (χ0) is 13.6. The third-order valence-electron chi connectivity index (χ3n) is 3.06. The predicted octanol–water partition coefficient (Wildman–Crippen LogP) is 2.30. The minimum atomic E-state index is -0.349. The van der Waals surface area contributed by atoms with Crippen LogP contribution in [0.2, 0.25) is 0 Å². The van der Waals surface area contributed by atoms with E-state index in [9.17, 15) is 4.39 Å². The number of nitrogen functional groups attached to an aromatic ring is 1. The van der Waals surface area contributed by atoms with Crippen molar-refractivity contribution in [2.45, 2.75) is 6.54 Å². The molecule has 0 radical (unpaired) electrons. The van der Waals surface area contributed by atoms with Gasteiger partial charge in [0.25, 0.3) is 0 Å². The molecule has 0 atom stereocenters. The van der Waals surface area contributed by atoms with E-state index in [0.717, 1.165) is 11.2 Å². The summed E-state index contributed by atoms with van der Waals surface area (Å²) in [6.07, 6.45) is 1.72. The third kappa shape index (κ3) is 1.99. The molecule has 1 aromatic carbocycles. The molecule has 0 spiro atoms. The maximum absolute atomic E-state index is 13.5. The topological polar surface area (TPSA) is 61.7 Å². The van der Waals surface area contributed by atoms with Crippen molar-refractivity contribution >= 4 is 32.9 Å². The molecular weight excluding hydrogens is 313 g/mol. The first kappa shape index (κ1) is 12.2. The van der Waals surface area contributed by atoms with Gasteiger partial charge in [-0.25, -0.2) is 9.37 Å². The van der Waals surface area contributed by atoms with Crippen LogP contribution in [0, 0.1) is 5.82 Å². The van der Waals surface area contributed by atoms with E-state index in [-0.39, 0.29) is 5.82 Å². The molecule has 0 aliphatic carbocycles. The summed E-state index contributed by atoms with van der Waals surface area (Å²) in [6, 6.07) is 4.96. The summed E-state index contributed by atoms with van der Waals surface area (Å²) in [7, 11) is 1.86. The van der Waals surface area contributed by atoms with Gasteiger partial charge in [0, 0.05) is 19.3 Å². The first-order valence-electron chi connectivity index (χ1n) is 5.64. The molecule has 2 heterocycles. The summed E-state index contributed by atoms with van der Waals surface area (Å²) in [6.45, 7) is 0.539. The fraction of sp³-hybridized carbons (Fsp3) is 0.167. The SMILES string of the molecule is Cn1nccc1Cn1c(N)nc2cc(F)c(Br)cc21. The average molecular weight is 324 g/mol. The number of nitrogens with two attached hydrogens (primary N) is 1. The Balaban J connectivity index is 2.15. The van der Waals surface area contributed by atoms with Crippen molar-refractivity contribution in [3.8, 4) is 0 Å². The number of hydrogen-bond acceptors (Lipinski definition) is 3. The van der Waals surface area contributed by atoms with E-state index < -0.39 is 0 Å². The smallest absolute Gasteiger partial charge is 0.201 e. The molecule has 0 unspecified atom stereocenters. The summed E-state index contributed by atoms with van der Waals surface area (Å²) in [5, 5.41) is 4.11. The van der Waals surface area contributed by atoms with E-state index in [1.54, 1.807) is 16.9 Å². The van der Waals surface area contributed by atoms with Crippen molar-refractivity contribution in [2.24, 2.45) is 7.05 Å². The molecule has 3 rings (SSSR count). The molecule has 2 aromatic heterocycles. The maximum atomic E-state index is 13.5. The molecule has 2 N–H and O–H groups in total. The molecule has 19 heavy (non-hydrogen) atoms. The lowest BCUT2D eigenvalue weighted by atomic mass is 10.3. The van der Waals surface area contributed by atoms with Crippen molar-refractivity contribution in [3.05, 3.63) is 40.4 Å². The Morgan fingerprint density at radius 1 is 1.42 bits per heavy atom. The van der Waals surface area contributed by atoms with Crippen LogP contribution in [0.1, 0.15) is 5.69 Å². The Bertz CT molecular complexity index is 761. The number of hydrogen-bond donors (Lipinski definition) is 1. The summed E-state index contributed by atoms with van der Waals surface area (Å²) < 4.78 is 17.5. The van der Waals surface area contributed by atoms with Crippen LogP contribution in [0.3, 0.4) is 0 Å². The number of benzene rings is 1. The minimum Gasteiger partial charge on any atom is -0.369 e. The Morgan fingerprint density at radius 2 is 2.21 bits per heavy atom. The van der Waals surface area contributed by atoms with Crippen molar-refractivity contribution in [1.82, 2.24) is 19.3 Å². The van der Waals surface area contributed by atoms with Crippen molar-refractivity contribution < 1.29 is 4.39 Å². The van der Waals surface area contributed by atoms with E-state index in [0.29, 0.717) is 22.5 Å². The molecule has 0 fully saturated rings. The van der Waals surface area contributed by atoms with Crippen molar-refractivity contribution in [1.29, 1.82) is 0 Å². The molecule has 3 aromatic rings. The summed E-state index contributed by atoms with van der Waals surface area (Å²) in [5.74, 6) is 0.00591. The van der Waals surface area contributed by atoms with Gasteiger partial charge in [0.1, 0.15) is 5.82 Å². The molecule has 0 bridgehead atoms. The third-order valence-corrected chi connectivity index (χ3v) is 3.67. The van der Waals surface area contributed by atoms with Crippen LogP contribution in [-0.4, -0.2) is 19.3 Å². The van der Waals surface area contributed by atoms with Gasteiger partial charge in [0.05, 0.1) is 27.7 Å². The molecular formula is C12H11BrFN5. The van der Waals surface area contributed by atoms with Gasteiger partial charge in [-0.05, 0) is 28.1 Å². The van der Waals surface area contributed by atoms with E-state index in [1.165, 1.54) is 6.07 Å².